The summed E-state index contributed by atoms with van der Waals surface area (Å²) < 4.78 is 16.9. The fraction of sp³-hybridized carbons (Fsp3) is 0.267. The van der Waals surface area contributed by atoms with Crippen LogP contribution in [-0.2, 0) is 22.6 Å². The predicted octanol–water partition coefficient (Wildman–Crippen LogP) is 5.04. The number of fused-ring (bicyclic) bond motifs is 1. The Hall–Kier alpha value is -4.26. The molecular weight excluding hydrogens is 470 g/mol. The Balaban J connectivity index is 1.64. The number of aliphatic hydroxyl groups excluding tert-OH is 1. The summed E-state index contributed by atoms with van der Waals surface area (Å²) in [5.41, 5.74) is 2.91. The number of benzene rings is 3. The highest BCUT2D eigenvalue weighted by Crippen LogP contribution is 2.42. The SMILES string of the molecule is CCOc1cccc(C2/C(=C(/O)c3ccc4c(c3)CCCO4)C(=O)C(=O)N2Cc2ccccc2OC)c1. The van der Waals surface area contributed by atoms with E-state index in [0.717, 1.165) is 29.7 Å². The first-order chi connectivity index (χ1) is 18.0. The monoisotopic (exact) mass is 499 g/mol. The summed E-state index contributed by atoms with van der Waals surface area (Å²) in [7, 11) is 1.57. The van der Waals surface area contributed by atoms with Crippen molar-refractivity contribution in [3.05, 3.63) is 94.6 Å². The molecule has 7 nitrogen and oxygen atoms in total. The quantitative estimate of drug-likeness (QED) is 0.279. The van der Waals surface area contributed by atoms with E-state index >= 15 is 0 Å². The lowest BCUT2D eigenvalue weighted by Gasteiger charge is -2.26. The van der Waals surface area contributed by atoms with E-state index < -0.39 is 17.7 Å². The van der Waals surface area contributed by atoms with Crippen molar-refractivity contribution in [2.75, 3.05) is 20.3 Å². The fourth-order valence-electron chi connectivity index (χ4n) is 5.01. The van der Waals surface area contributed by atoms with E-state index in [1.165, 1.54) is 4.90 Å². The first kappa shape index (κ1) is 24.4. The second-order valence-electron chi connectivity index (χ2n) is 9.02. The van der Waals surface area contributed by atoms with Crippen LogP contribution in [-0.4, -0.2) is 42.0 Å². The number of aryl methyl sites for hydroxylation is 1. The number of Topliss-reactive ketones (excluding diaryl/α,β-unsaturated/α-hetero) is 1. The van der Waals surface area contributed by atoms with E-state index in [1.54, 1.807) is 19.2 Å². The van der Waals surface area contributed by atoms with E-state index in [2.05, 4.69) is 0 Å². The Kier molecular flexibility index (Phi) is 6.86. The minimum absolute atomic E-state index is 0.0465. The maximum Gasteiger partial charge on any atom is 0.295 e. The topological polar surface area (TPSA) is 85.3 Å². The minimum atomic E-state index is -0.808. The molecule has 190 valence electrons. The van der Waals surface area contributed by atoms with Crippen molar-refractivity contribution in [2.45, 2.75) is 32.4 Å². The molecule has 0 saturated carbocycles. The number of nitrogens with zero attached hydrogens (tertiary/aromatic N) is 1. The normalized spacial score (nSPS) is 18.3. The molecule has 7 heteroatoms. The number of hydrogen-bond acceptors (Lipinski definition) is 6. The summed E-state index contributed by atoms with van der Waals surface area (Å²) in [5.74, 6) is 0.393. The number of aliphatic hydroxyl groups is 1. The molecular formula is C30H29NO6. The van der Waals surface area contributed by atoms with E-state index in [0.29, 0.717) is 35.8 Å². The molecule has 0 spiro atoms. The fourth-order valence-corrected chi connectivity index (χ4v) is 5.01. The van der Waals surface area contributed by atoms with E-state index in [-0.39, 0.29) is 17.9 Å². The lowest BCUT2D eigenvalue weighted by Crippen LogP contribution is -2.29. The number of rotatable bonds is 7. The van der Waals surface area contributed by atoms with Crippen LogP contribution < -0.4 is 14.2 Å². The Labute approximate surface area is 215 Å². The van der Waals surface area contributed by atoms with Crippen molar-refractivity contribution >= 4 is 17.4 Å². The molecule has 0 aromatic heterocycles. The van der Waals surface area contributed by atoms with Gasteiger partial charge in [-0.1, -0.05) is 30.3 Å². The molecule has 0 aliphatic carbocycles. The molecule has 1 fully saturated rings. The van der Waals surface area contributed by atoms with Crippen molar-refractivity contribution in [1.29, 1.82) is 0 Å². The third kappa shape index (κ3) is 4.65. The van der Waals surface area contributed by atoms with Crippen molar-refractivity contribution in [2.24, 2.45) is 0 Å². The third-order valence-corrected chi connectivity index (χ3v) is 6.74. The van der Waals surface area contributed by atoms with Crippen LogP contribution in [0, 0.1) is 0 Å². The number of carbonyl (C=O) groups is 2. The zero-order valence-corrected chi connectivity index (χ0v) is 20.9. The lowest BCUT2D eigenvalue weighted by molar-refractivity contribution is -0.140. The van der Waals surface area contributed by atoms with Gasteiger partial charge in [-0.05, 0) is 67.3 Å². The molecule has 5 rings (SSSR count). The highest BCUT2D eigenvalue weighted by molar-refractivity contribution is 6.46. The number of para-hydroxylation sites is 1. The number of methoxy groups -OCH3 is 1. The maximum absolute atomic E-state index is 13.5. The van der Waals surface area contributed by atoms with E-state index in [4.69, 9.17) is 14.2 Å². The van der Waals surface area contributed by atoms with Crippen molar-refractivity contribution in [3.8, 4) is 17.2 Å². The largest absolute Gasteiger partial charge is 0.507 e. The molecule has 1 unspecified atom stereocenters. The van der Waals surface area contributed by atoms with Crippen LogP contribution in [0.25, 0.3) is 5.76 Å². The predicted molar refractivity (Wildman–Crippen MR) is 139 cm³/mol. The van der Waals surface area contributed by atoms with Gasteiger partial charge in [0.25, 0.3) is 11.7 Å². The van der Waals surface area contributed by atoms with Gasteiger partial charge in [0.05, 0.1) is 38.5 Å². The molecule has 3 aromatic rings. The first-order valence-corrected chi connectivity index (χ1v) is 12.4. The maximum atomic E-state index is 13.5. The van der Waals surface area contributed by atoms with Gasteiger partial charge >= 0.3 is 0 Å². The van der Waals surface area contributed by atoms with Gasteiger partial charge in [0.1, 0.15) is 23.0 Å². The molecule has 37 heavy (non-hydrogen) atoms. The Morgan fingerprint density at radius 1 is 1.08 bits per heavy atom. The Morgan fingerprint density at radius 2 is 1.92 bits per heavy atom. The van der Waals surface area contributed by atoms with Crippen LogP contribution in [0.3, 0.4) is 0 Å². The average molecular weight is 500 g/mol. The summed E-state index contributed by atoms with van der Waals surface area (Å²) in [6.07, 6.45) is 1.70. The van der Waals surface area contributed by atoms with Crippen LogP contribution in [0.2, 0.25) is 0 Å². The zero-order valence-electron chi connectivity index (χ0n) is 20.9. The standard InChI is InChI=1S/C30H29NO6/c1-3-36-23-11-6-9-20(17-23)27-26(28(32)21-13-14-25-19(16-21)10-7-15-37-25)29(33)30(34)31(27)18-22-8-4-5-12-24(22)35-2/h4-6,8-9,11-14,16-17,27,32H,3,7,10,15,18H2,1-2H3/b28-26-. The van der Waals surface area contributed by atoms with Crippen LogP contribution in [0.4, 0.5) is 0 Å². The van der Waals surface area contributed by atoms with Crippen LogP contribution >= 0.6 is 0 Å². The van der Waals surface area contributed by atoms with Gasteiger partial charge in [-0.25, -0.2) is 0 Å². The Bertz CT molecular complexity index is 1380. The molecule has 1 N–H and O–H groups in total. The van der Waals surface area contributed by atoms with Gasteiger partial charge in [-0.2, -0.15) is 0 Å². The highest BCUT2D eigenvalue weighted by Gasteiger charge is 2.46. The van der Waals surface area contributed by atoms with Gasteiger partial charge in [-0.3, -0.25) is 9.59 Å². The highest BCUT2D eigenvalue weighted by atomic mass is 16.5. The van der Waals surface area contributed by atoms with Gasteiger partial charge in [0, 0.05) is 11.1 Å². The van der Waals surface area contributed by atoms with Crippen LogP contribution in [0.5, 0.6) is 17.2 Å². The summed E-state index contributed by atoms with van der Waals surface area (Å²) in [6.45, 7) is 3.15. The van der Waals surface area contributed by atoms with Crippen molar-refractivity contribution < 1.29 is 28.9 Å². The Morgan fingerprint density at radius 3 is 2.73 bits per heavy atom. The number of ether oxygens (including phenoxy) is 3. The van der Waals surface area contributed by atoms with Crippen LogP contribution in [0.1, 0.15) is 41.6 Å². The second kappa shape index (κ2) is 10.4. The smallest absolute Gasteiger partial charge is 0.295 e. The number of ketones is 1. The first-order valence-electron chi connectivity index (χ1n) is 12.4. The second-order valence-corrected chi connectivity index (χ2v) is 9.02. The summed E-state index contributed by atoms with van der Waals surface area (Å²) in [5, 5.41) is 11.5. The van der Waals surface area contributed by atoms with E-state index in [9.17, 15) is 14.7 Å². The summed E-state index contributed by atoms with van der Waals surface area (Å²) >= 11 is 0. The molecule has 2 aliphatic heterocycles. The number of amides is 1. The number of likely N-dealkylation sites (tertiary alicyclic amines) is 1. The molecule has 1 atom stereocenters. The van der Waals surface area contributed by atoms with Gasteiger partial charge in [-0.15, -0.1) is 0 Å². The average Bonchev–Trinajstić information content (AvgIpc) is 3.18. The van der Waals surface area contributed by atoms with E-state index in [1.807, 2.05) is 61.5 Å². The zero-order chi connectivity index (χ0) is 25.9. The van der Waals surface area contributed by atoms with Crippen molar-refractivity contribution in [1.82, 2.24) is 4.90 Å². The molecule has 0 radical (unpaired) electrons. The van der Waals surface area contributed by atoms with Gasteiger partial charge in [0.15, 0.2) is 0 Å². The molecule has 3 aromatic carbocycles. The molecule has 2 heterocycles. The van der Waals surface area contributed by atoms with Gasteiger partial charge in [0.2, 0.25) is 0 Å². The number of hydrogen-bond donors (Lipinski definition) is 1. The molecule has 2 aliphatic rings. The summed E-state index contributed by atoms with van der Waals surface area (Å²) in [6, 6.07) is 19.2. The van der Waals surface area contributed by atoms with Crippen molar-refractivity contribution in [3.63, 3.8) is 0 Å². The van der Waals surface area contributed by atoms with Gasteiger partial charge < -0.3 is 24.2 Å². The molecule has 0 bridgehead atoms. The molecule has 1 saturated heterocycles. The minimum Gasteiger partial charge on any atom is -0.507 e. The lowest BCUT2D eigenvalue weighted by atomic mass is 9.93. The third-order valence-electron chi connectivity index (χ3n) is 6.74. The summed E-state index contributed by atoms with van der Waals surface area (Å²) in [4.78, 5) is 28.4. The van der Waals surface area contributed by atoms with Crippen LogP contribution in [0.15, 0.2) is 72.3 Å². The number of carbonyl (C=O) groups excluding carboxylic acids is 2. The molecule has 1 amide bonds.